The summed E-state index contributed by atoms with van der Waals surface area (Å²) in [5.74, 6) is 1.43. The van der Waals surface area contributed by atoms with Gasteiger partial charge in [0.2, 0.25) is 5.91 Å². The molecule has 28 heavy (non-hydrogen) atoms. The third-order valence-corrected chi connectivity index (χ3v) is 4.71. The van der Waals surface area contributed by atoms with Gasteiger partial charge in [-0.05, 0) is 49.2 Å². The second-order valence-electron chi connectivity index (χ2n) is 6.43. The molecule has 150 valence electrons. The van der Waals surface area contributed by atoms with Gasteiger partial charge in [0.05, 0.1) is 7.11 Å². The molecule has 3 N–H and O–H groups in total. The molecule has 2 aromatic rings. The van der Waals surface area contributed by atoms with Crippen molar-refractivity contribution in [2.24, 2.45) is 4.99 Å². The molecule has 0 aliphatic heterocycles. The van der Waals surface area contributed by atoms with Gasteiger partial charge in [0.25, 0.3) is 0 Å². The van der Waals surface area contributed by atoms with Gasteiger partial charge in [0.1, 0.15) is 5.75 Å². The van der Waals surface area contributed by atoms with Crippen LogP contribution in [0.1, 0.15) is 23.1 Å². The number of halogens is 1. The van der Waals surface area contributed by atoms with E-state index in [1.807, 2.05) is 50.2 Å². The molecular weight excluding hydrogens is 420 g/mol. The zero-order valence-corrected chi connectivity index (χ0v) is 18.3. The first-order chi connectivity index (χ1) is 13.4. The second-order valence-corrected chi connectivity index (χ2v) is 7.34. The summed E-state index contributed by atoms with van der Waals surface area (Å²) in [5.41, 5.74) is 4.03. The molecule has 0 aliphatic rings. The van der Waals surface area contributed by atoms with E-state index in [2.05, 4.69) is 36.9 Å². The first-order valence-electron chi connectivity index (χ1n) is 9.07. The van der Waals surface area contributed by atoms with Gasteiger partial charge in [-0.2, -0.15) is 0 Å². The van der Waals surface area contributed by atoms with E-state index in [1.54, 1.807) is 14.2 Å². The summed E-state index contributed by atoms with van der Waals surface area (Å²) in [5, 5.41) is 9.33. The van der Waals surface area contributed by atoms with E-state index in [0.29, 0.717) is 25.5 Å². The molecule has 0 aromatic heterocycles. The zero-order chi connectivity index (χ0) is 20.5. The number of ether oxygens (including phenoxy) is 1. The average Bonchev–Trinajstić information content (AvgIpc) is 2.67. The van der Waals surface area contributed by atoms with Crippen LogP contribution in [0.15, 0.2) is 45.9 Å². The third-order valence-electron chi connectivity index (χ3n) is 4.22. The molecule has 0 saturated carbocycles. The van der Waals surface area contributed by atoms with Crippen LogP contribution in [0.3, 0.4) is 0 Å². The van der Waals surface area contributed by atoms with Gasteiger partial charge in [-0.15, -0.1) is 0 Å². The smallest absolute Gasteiger partial charge is 0.226 e. The van der Waals surface area contributed by atoms with Gasteiger partial charge < -0.3 is 20.7 Å². The summed E-state index contributed by atoms with van der Waals surface area (Å²) in [6.45, 7) is 5.05. The third kappa shape index (κ3) is 6.56. The van der Waals surface area contributed by atoms with Crippen LogP contribution >= 0.6 is 15.9 Å². The summed E-state index contributed by atoms with van der Waals surface area (Å²) in [6.07, 6.45) is 0.337. The topological polar surface area (TPSA) is 74.8 Å². The number of benzene rings is 2. The fourth-order valence-electron chi connectivity index (χ4n) is 2.67. The van der Waals surface area contributed by atoms with Crippen LogP contribution in [-0.4, -0.2) is 32.6 Å². The molecule has 0 bridgehead atoms. The lowest BCUT2D eigenvalue weighted by Crippen LogP contribution is -2.38. The van der Waals surface area contributed by atoms with Crippen molar-refractivity contribution in [3.05, 3.63) is 57.6 Å². The molecule has 7 heteroatoms. The maximum Gasteiger partial charge on any atom is 0.226 e. The molecule has 0 aliphatic carbocycles. The molecule has 0 atom stereocenters. The first-order valence-corrected chi connectivity index (χ1v) is 9.86. The Bertz CT molecular complexity index is 852. The highest BCUT2D eigenvalue weighted by molar-refractivity contribution is 9.10. The molecule has 6 nitrogen and oxygen atoms in total. The fourth-order valence-corrected chi connectivity index (χ4v) is 3.15. The van der Waals surface area contributed by atoms with E-state index >= 15 is 0 Å². The quantitative estimate of drug-likeness (QED) is 0.446. The largest absolute Gasteiger partial charge is 0.496 e. The van der Waals surface area contributed by atoms with Crippen LogP contribution in [0.4, 0.5) is 5.69 Å². The molecule has 0 fully saturated rings. The summed E-state index contributed by atoms with van der Waals surface area (Å²) in [7, 11) is 3.37. The normalized spacial score (nSPS) is 11.1. The lowest BCUT2D eigenvalue weighted by Gasteiger charge is -2.14. The fraction of sp³-hybridized carbons (Fsp3) is 0.333. The van der Waals surface area contributed by atoms with Gasteiger partial charge in [-0.1, -0.05) is 28.1 Å². The van der Waals surface area contributed by atoms with Crippen LogP contribution in [0.2, 0.25) is 0 Å². The molecule has 0 saturated heterocycles. The van der Waals surface area contributed by atoms with E-state index in [1.165, 1.54) is 0 Å². The lowest BCUT2D eigenvalue weighted by molar-refractivity contribution is -0.116. The van der Waals surface area contributed by atoms with E-state index in [0.717, 1.165) is 32.6 Å². The van der Waals surface area contributed by atoms with Crippen molar-refractivity contribution in [3.63, 3.8) is 0 Å². The number of hydrogen-bond acceptors (Lipinski definition) is 3. The van der Waals surface area contributed by atoms with Crippen LogP contribution in [0.25, 0.3) is 0 Å². The molecular formula is C21H27BrN4O2. The monoisotopic (exact) mass is 446 g/mol. The molecule has 0 spiro atoms. The Morgan fingerprint density at radius 3 is 2.61 bits per heavy atom. The number of nitrogens with one attached hydrogen (secondary N) is 3. The minimum absolute atomic E-state index is 0.0476. The van der Waals surface area contributed by atoms with Crippen molar-refractivity contribution in [2.45, 2.75) is 26.8 Å². The number of anilines is 1. The number of amides is 1. The molecule has 0 unspecified atom stereocenters. The van der Waals surface area contributed by atoms with E-state index in [4.69, 9.17) is 4.74 Å². The predicted molar refractivity (Wildman–Crippen MR) is 118 cm³/mol. The Balaban J connectivity index is 1.80. The van der Waals surface area contributed by atoms with Gasteiger partial charge >= 0.3 is 0 Å². The van der Waals surface area contributed by atoms with Crippen molar-refractivity contribution >= 4 is 33.5 Å². The summed E-state index contributed by atoms with van der Waals surface area (Å²) in [4.78, 5) is 16.4. The number of nitrogens with zero attached hydrogens (tertiary/aromatic N) is 1. The number of carbonyl (C=O) groups excluding carboxylic acids is 1. The first kappa shape index (κ1) is 21.8. The van der Waals surface area contributed by atoms with Crippen molar-refractivity contribution < 1.29 is 9.53 Å². The standard InChI is InChI=1S/C21H27BrN4O2/c1-14-5-6-16(19(11-14)28-4)13-25-21(23-3)24-10-9-20(27)26-18-8-7-17(22)12-15(18)2/h5-8,11-12H,9-10,13H2,1-4H3,(H,26,27)(H2,23,24,25). The Kier molecular flexibility index (Phi) is 8.32. The van der Waals surface area contributed by atoms with Crippen LogP contribution < -0.4 is 20.7 Å². The van der Waals surface area contributed by atoms with Crippen molar-refractivity contribution in [1.82, 2.24) is 10.6 Å². The lowest BCUT2D eigenvalue weighted by atomic mass is 10.1. The Morgan fingerprint density at radius 2 is 1.93 bits per heavy atom. The maximum absolute atomic E-state index is 12.2. The van der Waals surface area contributed by atoms with Crippen molar-refractivity contribution in [1.29, 1.82) is 0 Å². The number of rotatable bonds is 7. The predicted octanol–water partition coefficient (Wildman–Crippen LogP) is 3.77. The van der Waals surface area contributed by atoms with E-state index in [9.17, 15) is 4.79 Å². The van der Waals surface area contributed by atoms with E-state index in [-0.39, 0.29) is 5.91 Å². The Morgan fingerprint density at radius 1 is 1.14 bits per heavy atom. The molecule has 0 radical (unpaired) electrons. The van der Waals surface area contributed by atoms with Crippen molar-refractivity contribution in [3.8, 4) is 5.75 Å². The minimum Gasteiger partial charge on any atom is -0.496 e. The summed E-state index contributed by atoms with van der Waals surface area (Å²) >= 11 is 3.42. The molecule has 2 rings (SSSR count). The number of guanidine groups is 1. The zero-order valence-electron chi connectivity index (χ0n) is 16.7. The summed E-state index contributed by atoms with van der Waals surface area (Å²) < 4.78 is 6.41. The second kappa shape index (κ2) is 10.7. The highest BCUT2D eigenvalue weighted by Crippen LogP contribution is 2.20. The van der Waals surface area contributed by atoms with Crippen LogP contribution in [0.5, 0.6) is 5.75 Å². The molecule has 1 amide bonds. The minimum atomic E-state index is -0.0476. The highest BCUT2D eigenvalue weighted by atomic mass is 79.9. The van der Waals surface area contributed by atoms with Gasteiger partial charge in [0.15, 0.2) is 5.96 Å². The van der Waals surface area contributed by atoms with Gasteiger partial charge in [-0.3, -0.25) is 9.79 Å². The van der Waals surface area contributed by atoms with Gasteiger partial charge in [-0.25, -0.2) is 0 Å². The number of aliphatic imine (C=N–C) groups is 1. The SMILES string of the molecule is CN=C(NCCC(=O)Nc1ccc(Br)cc1C)NCc1ccc(C)cc1OC. The van der Waals surface area contributed by atoms with Crippen LogP contribution in [0, 0.1) is 13.8 Å². The Labute approximate surface area is 174 Å². The number of methoxy groups -OCH3 is 1. The average molecular weight is 447 g/mol. The number of aryl methyl sites for hydroxylation is 2. The van der Waals surface area contributed by atoms with Gasteiger partial charge in [0, 0.05) is 42.3 Å². The molecule has 0 heterocycles. The van der Waals surface area contributed by atoms with Crippen LogP contribution in [-0.2, 0) is 11.3 Å². The number of carbonyl (C=O) groups is 1. The maximum atomic E-state index is 12.2. The van der Waals surface area contributed by atoms with Crippen molar-refractivity contribution in [2.75, 3.05) is 26.0 Å². The summed E-state index contributed by atoms with van der Waals surface area (Å²) in [6, 6.07) is 11.8. The number of hydrogen-bond donors (Lipinski definition) is 3. The molecule has 2 aromatic carbocycles. The highest BCUT2D eigenvalue weighted by Gasteiger charge is 2.07. The Hall–Kier alpha value is -2.54. The van der Waals surface area contributed by atoms with E-state index < -0.39 is 0 Å².